The summed E-state index contributed by atoms with van der Waals surface area (Å²) in [5, 5.41) is 38.1. The van der Waals surface area contributed by atoms with Crippen molar-refractivity contribution in [2.45, 2.75) is 48.9 Å². The second-order valence-electron chi connectivity index (χ2n) is 3.94. The lowest BCUT2D eigenvalue weighted by atomic mass is 10.0. The van der Waals surface area contributed by atoms with Crippen molar-refractivity contribution in [3.63, 3.8) is 0 Å². The first kappa shape index (κ1) is 14.6. The summed E-state index contributed by atoms with van der Waals surface area (Å²) in [6.07, 6.45) is -4.52. The summed E-state index contributed by atoms with van der Waals surface area (Å²) in [5.41, 5.74) is -0.636. The molecule has 7 heteroatoms. The summed E-state index contributed by atoms with van der Waals surface area (Å²) in [6, 6.07) is 0. The molecule has 0 aromatic heterocycles. The second kappa shape index (κ2) is 6.44. The first-order valence-corrected chi connectivity index (χ1v) is 7.37. The molecule has 1 unspecified atom stereocenters. The van der Waals surface area contributed by atoms with Crippen molar-refractivity contribution < 1.29 is 25.2 Å². The van der Waals surface area contributed by atoms with E-state index in [1.807, 2.05) is 13.8 Å². The molecule has 1 rings (SSSR count). The SMILES string of the molecule is CC(C)SSC1O[C@H](CO)[C@H](O)[C@H](O)[C@H]1O. The van der Waals surface area contributed by atoms with Gasteiger partial charge in [0.15, 0.2) is 0 Å². The van der Waals surface area contributed by atoms with Gasteiger partial charge in [0, 0.05) is 5.25 Å². The van der Waals surface area contributed by atoms with Gasteiger partial charge in [-0.15, -0.1) is 0 Å². The summed E-state index contributed by atoms with van der Waals surface area (Å²) in [4.78, 5) is 0. The second-order valence-corrected chi connectivity index (χ2v) is 6.89. The van der Waals surface area contributed by atoms with Crippen molar-refractivity contribution in [3.8, 4) is 0 Å². The molecule has 0 aliphatic carbocycles. The molecule has 0 bridgehead atoms. The van der Waals surface area contributed by atoms with Gasteiger partial charge >= 0.3 is 0 Å². The van der Waals surface area contributed by atoms with E-state index in [1.165, 1.54) is 21.6 Å². The lowest BCUT2D eigenvalue weighted by Gasteiger charge is -2.39. The van der Waals surface area contributed by atoms with Crippen LogP contribution in [0.1, 0.15) is 13.8 Å². The molecule has 5 atom stereocenters. The van der Waals surface area contributed by atoms with Crippen LogP contribution in [0.4, 0.5) is 0 Å². The molecule has 0 saturated carbocycles. The fraction of sp³-hybridized carbons (Fsp3) is 1.00. The molecule has 4 N–H and O–H groups in total. The predicted octanol–water partition coefficient (Wildman–Crippen LogP) is -0.424. The van der Waals surface area contributed by atoms with Gasteiger partial charge in [0.2, 0.25) is 0 Å². The van der Waals surface area contributed by atoms with Crippen LogP contribution >= 0.6 is 21.6 Å². The average Bonchev–Trinajstić information content (AvgIpc) is 2.25. The third kappa shape index (κ3) is 3.49. The standard InChI is InChI=1S/C9H18O5S2/c1-4(2)15-16-9-8(13)7(12)6(11)5(3-10)14-9/h4-13H,3H2,1-2H3/t5-,6+,7+,8-,9?/m1/s1. The molecule has 1 heterocycles. The van der Waals surface area contributed by atoms with E-state index in [2.05, 4.69) is 0 Å². The topological polar surface area (TPSA) is 90.2 Å². The normalized spacial score (nSPS) is 40.3. The summed E-state index contributed by atoms with van der Waals surface area (Å²) < 4.78 is 5.31. The van der Waals surface area contributed by atoms with Crippen molar-refractivity contribution in [3.05, 3.63) is 0 Å². The Balaban J connectivity index is 2.56. The molecule has 0 aromatic rings. The van der Waals surface area contributed by atoms with Gasteiger partial charge in [-0.3, -0.25) is 0 Å². The first-order valence-electron chi connectivity index (χ1n) is 5.10. The molecule has 5 nitrogen and oxygen atoms in total. The van der Waals surface area contributed by atoms with Gasteiger partial charge in [-0.1, -0.05) is 35.4 Å². The molecule has 1 aliphatic rings. The lowest BCUT2D eigenvalue weighted by Crippen LogP contribution is -2.57. The molecule has 1 saturated heterocycles. The monoisotopic (exact) mass is 270 g/mol. The van der Waals surface area contributed by atoms with Crippen LogP contribution in [0.5, 0.6) is 0 Å². The molecule has 1 fully saturated rings. The molecular weight excluding hydrogens is 252 g/mol. The van der Waals surface area contributed by atoms with E-state index in [9.17, 15) is 15.3 Å². The Labute approximate surface area is 103 Å². The number of hydrogen-bond acceptors (Lipinski definition) is 7. The number of ether oxygens (including phenoxy) is 1. The maximum absolute atomic E-state index is 9.68. The van der Waals surface area contributed by atoms with E-state index in [4.69, 9.17) is 9.84 Å². The van der Waals surface area contributed by atoms with Crippen LogP contribution in [0.2, 0.25) is 0 Å². The molecule has 1 aliphatic heterocycles. The van der Waals surface area contributed by atoms with Crippen molar-refractivity contribution in [1.82, 2.24) is 0 Å². The van der Waals surface area contributed by atoms with Crippen LogP contribution < -0.4 is 0 Å². The van der Waals surface area contributed by atoms with Gasteiger partial charge in [-0.05, 0) is 0 Å². The molecule has 16 heavy (non-hydrogen) atoms. The van der Waals surface area contributed by atoms with Crippen molar-refractivity contribution in [2.24, 2.45) is 0 Å². The average molecular weight is 270 g/mol. The molecule has 0 aromatic carbocycles. The van der Waals surface area contributed by atoms with E-state index in [1.54, 1.807) is 0 Å². The summed E-state index contributed by atoms with van der Waals surface area (Å²) >= 11 is 0. The van der Waals surface area contributed by atoms with Crippen molar-refractivity contribution in [2.75, 3.05) is 6.61 Å². The Hall–Kier alpha value is 0.500. The molecule has 0 spiro atoms. The molecular formula is C9H18O5S2. The smallest absolute Gasteiger partial charge is 0.142 e. The minimum absolute atomic E-state index is 0.359. The zero-order valence-electron chi connectivity index (χ0n) is 9.18. The van der Waals surface area contributed by atoms with Crippen molar-refractivity contribution in [1.29, 1.82) is 0 Å². The number of aliphatic hydroxyl groups excluding tert-OH is 4. The van der Waals surface area contributed by atoms with Crippen LogP contribution in [-0.4, -0.2) is 62.1 Å². The minimum atomic E-state index is -1.28. The van der Waals surface area contributed by atoms with E-state index in [0.29, 0.717) is 5.25 Å². The highest BCUT2D eigenvalue weighted by molar-refractivity contribution is 8.77. The highest BCUT2D eigenvalue weighted by atomic mass is 33.1. The largest absolute Gasteiger partial charge is 0.394 e. The van der Waals surface area contributed by atoms with Crippen LogP contribution in [0.25, 0.3) is 0 Å². The van der Waals surface area contributed by atoms with Gasteiger partial charge < -0.3 is 25.2 Å². The van der Waals surface area contributed by atoms with E-state index >= 15 is 0 Å². The quantitative estimate of drug-likeness (QED) is 0.516. The Morgan fingerprint density at radius 1 is 1.12 bits per heavy atom. The molecule has 0 radical (unpaired) electrons. The molecule has 0 amide bonds. The van der Waals surface area contributed by atoms with Gasteiger partial charge in [0.25, 0.3) is 0 Å². The Bertz CT molecular complexity index is 214. The van der Waals surface area contributed by atoms with E-state index in [-0.39, 0.29) is 6.61 Å². The van der Waals surface area contributed by atoms with Crippen LogP contribution in [-0.2, 0) is 4.74 Å². The predicted molar refractivity (Wildman–Crippen MR) is 64.1 cm³/mol. The Kier molecular flexibility index (Phi) is 5.86. The Morgan fingerprint density at radius 3 is 2.25 bits per heavy atom. The highest BCUT2D eigenvalue weighted by Crippen LogP contribution is 2.37. The minimum Gasteiger partial charge on any atom is -0.394 e. The first-order chi connectivity index (χ1) is 7.47. The van der Waals surface area contributed by atoms with Gasteiger partial charge in [-0.2, -0.15) is 0 Å². The summed E-state index contributed by atoms with van der Waals surface area (Å²) in [5.74, 6) is 0. The molecule has 96 valence electrons. The fourth-order valence-corrected chi connectivity index (χ4v) is 3.58. The number of rotatable bonds is 4. The zero-order chi connectivity index (χ0) is 12.3. The maximum atomic E-state index is 9.68. The number of aliphatic hydroxyl groups is 4. The Morgan fingerprint density at radius 2 is 1.75 bits per heavy atom. The van der Waals surface area contributed by atoms with E-state index < -0.39 is 29.9 Å². The van der Waals surface area contributed by atoms with Gasteiger partial charge in [0.1, 0.15) is 29.9 Å². The van der Waals surface area contributed by atoms with Gasteiger partial charge in [0.05, 0.1) is 6.61 Å². The van der Waals surface area contributed by atoms with E-state index in [0.717, 1.165) is 0 Å². The van der Waals surface area contributed by atoms with Gasteiger partial charge in [-0.25, -0.2) is 0 Å². The third-order valence-corrected chi connectivity index (χ3v) is 5.32. The summed E-state index contributed by atoms with van der Waals surface area (Å²) in [7, 11) is 2.82. The zero-order valence-corrected chi connectivity index (χ0v) is 10.8. The van der Waals surface area contributed by atoms with Crippen LogP contribution in [0.15, 0.2) is 0 Å². The number of hydrogen-bond donors (Lipinski definition) is 4. The summed E-state index contributed by atoms with van der Waals surface area (Å²) in [6.45, 7) is 3.62. The maximum Gasteiger partial charge on any atom is 0.142 e. The van der Waals surface area contributed by atoms with Crippen molar-refractivity contribution >= 4 is 21.6 Å². The van der Waals surface area contributed by atoms with Crippen LogP contribution in [0.3, 0.4) is 0 Å². The van der Waals surface area contributed by atoms with Crippen LogP contribution in [0, 0.1) is 0 Å². The highest BCUT2D eigenvalue weighted by Gasteiger charge is 2.43. The fourth-order valence-electron chi connectivity index (χ4n) is 1.31. The third-order valence-electron chi connectivity index (χ3n) is 2.19. The lowest BCUT2D eigenvalue weighted by molar-refractivity contribution is -0.205.